The summed E-state index contributed by atoms with van der Waals surface area (Å²) in [6.07, 6.45) is 1.04. The maximum Gasteiger partial charge on any atom is 0.317 e. The lowest BCUT2D eigenvalue weighted by Crippen LogP contribution is -2.49. The van der Waals surface area contributed by atoms with Crippen LogP contribution >= 0.6 is 0 Å². The highest BCUT2D eigenvalue weighted by Crippen LogP contribution is 2.04. The number of ether oxygens (including phenoxy) is 1. The monoisotopic (exact) mass is 229 g/mol. The van der Waals surface area contributed by atoms with Crippen molar-refractivity contribution in [3.05, 3.63) is 0 Å². The third-order valence-electron chi connectivity index (χ3n) is 3.16. The number of nitrogens with two attached hydrogens (primary N) is 1. The molecule has 94 valence electrons. The molecular formula is C11H23N3O2. The SMILES string of the molecule is CCC(C)[C@H](N)CNC(=O)N1CCOCC1. The maximum absolute atomic E-state index is 11.7. The molecule has 1 heterocycles. The van der Waals surface area contributed by atoms with Crippen molar-refractivity contribution in [1.82, 2.24) is 10.2 Å². The van der Waals surface area contributed by atoms with Gasteiger partial charge in [0.1, 0.15) is 0 Å². The Kier molecular flexibility index (Phi) is 5.55. The predicted molar refractivity (Wildman–Crippen MR) is 63.2 cm³/mol. The van der Waals surface area contributed by atoms with Crippen molar-refractivity contribution in [1.29, 1.82) is 0 Å². The zero-order valence-electron chi connectivity index (χ0n) is 10.2. The summed E-state index contributed by atoms with van der Waals surface area (Å²) >= 11 is 0. The minimum Gasteiger partial charge on any atom is -0.378 e. The van der Waals surface area contributed by atoms with E-state index in [4.69, 9.17) is 10.5 Å². The van der Waals surface area contributed by atoms with Gasteiger partial charge in [-0.3, -0.25) is 0 Å². The third-order valence-corrected chi connectivity index (χ3v) is 3.16. The van der Waals surface area contributed by atoms with E-state index < -0.39 is 0 Å². The summed E-state index contributed by atoms with van der Waals surface area (Å²) in [5.41, 5.74) is 5.95. The normalized spacial score (nSPS) is 20.3. The van der Waals surface area contributed by atoms with E-state index in [0.717, 1.165) is 6.42 Å². The number of nitrogens with one attached hydrogen (secondary N) is 1. The first-order chi connectivity index (χ1) is 7.65. The van der Waals surface area contributed by atoms with Gasteiger partial charge in [-0.05, 0) is 5.92 Å². The Hall–Kier alpha value is -0.810. The summed E-state index contributed by atoms with van der Waals surface area (Å²) in [7, 11) is 0. The summed E-state index contributed by atoms with van der Waals surface area (Å²) < 4.78 is 5.18. The van der Waals surface area contributed by atoms with Gasteiger partial charge in [-0.2, -0.15) is 0 Å². The molecule has 1 aliphatic rings. The number of hydrogen-bond acceptors (Lipinski definition) is 3. The van der Waals surface area contributed by atoms with Crippen molar-refractivity contribution in [2.45, 2.75) is 26.3 Å². The van der Waals surface area contributed by atoms with Crippen molar-refractivity contribution < 1.29 is 9.53 Å². The fourth-order valence-electron chi connectivity index (χ4n) is 1.59. The summed E-state index contributed by atoms with van der Waals surface area (Å²) in [5, 5.41) is 2.87. The first kappa shape index (κ1) is 13.3. The third kappa shape index (κ3) is 3.98. The second-order valence-corrected chi connectivity index (χ2v) is 4.33. The van der Waals surface area contributed by atoms with Crippen LogP contribution in [0, 0.1) is 5.92 Å². The molecule has 2 atom stereocenters. The molecule has 16 heavy (non-hydrogen) atoms. The molecule has 2 amide bonds. The average molecular weight is 229 g/mol. The van der Waals surface area contributed by atoms with Gasteiger partial charge in [0.25, 0.3) is 0 Å². The van der Waals surface area contributed by atoms with Crippen LogP contribution < -0.4 is 11.1 Å². The van der Waals surface area contributed by atoms with E-state index in [9.17, 15) is 4.79 Å². The van der Waals surface area contributed by atoms with Crippen LogP contribution in [0.4, 0.5) is 4.79 Å². The predicted octanol–water partition coefficient (Wildman–Crippen LogP) is 0.402. The van der Waals surface area contributed by atoms with Gasteiger partial charge in [-0.1, -0.05) is 20.3 Å². The number of carbonyl (C=O) groups excluding carboxylic acids is 1. The topological polar surface area (TPSA) is 67.6 Å². The number of hydrogen-bond donors (Lipinski definition) is 2. The molecule has 5 heteroatoms. The van der Waals surface area contributed by atoms with Gasteiger partial charge in [0.05, 0.1) is 13.2 Å². The highest BCUT2D eigenvalue weighted by molar-refractivity contribution is 5.74. The molecule has 0 spiro atoms. The number of morpholine rings is 1. The van der Waals surface area contributed by atoms with Gasteiger partial charge in [-0.25, -0.2) is 4.79 Å². The lowest BCUT2D eigenvalue weighted by atomic mass is 10.0. The van der Waals surface area contributed by atoms with E-state index in [1.54, 1.807) is 4.90 Å². The molecule has 5 nitrogen and oxygen atoms in total. The summed E-state index contributed by atoms with van der Waals surface area (Å²) in [4.78, 5) is 13.5. The number of amides is 2. The van der Waals surface area contributed by atoms with Gasteiger partial charge in [0.2, 0.25) is 0 Å². The van der Waals surface area contributed by atoms with E-state index in [1.807, 2.05) is 0 Å². The van der Waals surface area contributed by atoms with Crippen LogP contribution in [-0.2, 0) is 4.74 Å². The molecule has 0 aromatic heterocycles. The van der Waals surface area contributed by atoms with Crippen LogP contribution in [0.25, 0.3) is 0 Å². The zero-order valence-corrected chi connectivity index (χ0v) is 10.2. The van der Waals surface area contributed by atoms with Crippen molar-refractivity contribution in [3.8, 4) is 0 Å². The van der Waals surface area contributed by atoms with Gasteiger partial charge in [0, 0.05) is 25.7 Å². The van der Waals surface area contributed by atoms with E-state index >= 15 is 0 Å². The van der Waals surface area contributed by atoms with Crippen LogP contribution in [-0.4, -0.2) is 49.8 Å². The Balaban J connectivity index is 2.23. The molecule has 0 saturated carbocycles. The second-order valence-electron chi connectivity index (χ2n) is 4.33. The van der Waals surface area contributed by atoms with Crippen LogP contribution in [0.5, 0.6) is 0 Å². The summed E-state index contributed by atoms with van der Waals surface area (Å²) in [6.45, 7) is 7.36. The molecule has 0 bridgehead atoms. The minimum atomic E-state index is -0.0259. The molecule has 0 aromatic rings. The van der Waals surface area contributed by atoms with Crippen molar-refractivity contribution in [3.63, 3.8) is 0 Å². The van der Waals surface area contributed by atoms with Crippen LogP contribution in [0.2, 0.25) is 0 Å². The van der Waals surface area contributed by atoms with Crippen molar-refractivity contribution in [2.75, 3.05) is 32.8 Å². The number of urea groups is 1. The van der Waals surface area contributed by atoms with Gasteiger partial charge in [0.15, 0.2) is 0 Å². The standard InChI is InChI=1S/C11H23N3O2/c1-3-9(2)10(12)8-13-11(15)14-4-6-16-7-5-14/h9-10H,3-8,12H2,1-2H3,(H,13,15)/t9?,10-/m1/s1. The zero-order chi connectivity index (χ0) is 12.0. The molecule has 0 aromatic carbocycles. The lowest BCUT2D eigenvalue weighted by molar-refractivity contribution is 0.0530. The fraction of sp³-hybridized carbons (Fsp3) is 0.909. The van der Waals surface area contributed by atoms with Crippen LogP contribution in [0.3, 0.4) is 0 Å². The Morgan fingerprint density at radius 2 is 2.12 bits per heavy atom. The Morgan fingerprint density at radius 1 is 1.50 bits per heavy atom. The lowest BCUT2D eigenvalue weighted by Gasteiger charge is -2.28. The largest absolute Gasteiger partial charge is 0.378 e. The molecule has 0 radical (unpaired) electrons. The van der Waals surface area contributed by atoms with E-state index in [-0.39, 0.29) is 12.1 Å². The molecule has 1 aliphatic heterocycles. The molecule has 3 N–H and O–H groups in total. The first-order valence-corrected chi connectivity index (χ1v) is 6.01. The Labute approximate surface area is 97.3 Å². The van der Waals surface area contributed by atoms with E-state index in [0.29, 0.717) is 38.8 Å². The highest BCUT2D eigenvalue weighted by atomic mass is 16.5. The molecule has 1 rings (SSSR count). The highest BCUT2D eigenvalue weighted by Gasteiger charge is 2.18. The number of rotatable bonds is 4. The van der Waals surface area contributed by atoms with Gasteiger partial charge in [-0.15, -0.1) is 0 Å². The smallest absolute Gasteiger partial charge is 0.317 e. The average Bonchev–Trinajstić information content (AvgIpc) is 2.35. The molecule has 1 saturated heterocycles. The second kappa shape index (κ2) is 6.70. The number of carbonyl (C=O) groups is 1. The van der Waals surface area contributed by atoms with Gasteiger partial charge < -0.3 is 20.7 Å². The van der Waals surface area contributed by atoms with Gasteiger partial charge >= 0.3 is 6.03 Å². The quantitative estimate of drug-likeness (QED) is 0.733. The van der Waals surface area contributed by atoms with Crippen molar-refractivity contribution in [2.24, 2.45) is 11.7 Å². The Morgan fingerprint density at radius 3 is 2.69 bits per heavy atom. The molecule has 0 aliphatic carbocycles. The summed E-state index contributed by atoms with van der Waals surface area (Å²) in [5.74, 6) is 0.435. The first-order valence-electron chi connectivity index (χ1n) is 6.01. The number of nitrogens with zero attached hydrogens (tertiary/aromatic N) is 1. The fourth-order valence-corrected chi connectivity index (χ4v) is 1.59. The molecule has 1 unspecified atom stereocenters. The molecular weight excluding hydrogens is 206 g/mol. The maximum atomic E-state index is 11.7. The van der Waals surface area contributed by atoms with E-state index in [2.05, 4.69) is 19.2 Å². The van der Waals surface area contributed by atoms with Crippen molar-refractivity contribution >= 4 is 6.03 Å². The van der Waals surface area contributed by atoms with Crippen LogP contribution in [0.15, 0.2) is 0 Å². The molecule has 1 fully saturated rings. The Bertz CT molecular complexity index is 217. The minimum absolute atomic E-state index is 0.0259. The van der Waals surface area contributed by atoms with E-state index in [1.165, 1.54) is 0 Å². The summed E-state index contributed by atoms with van der Waals surface area (Å²) in [6, 6.07) is 0.0112. The van der Waals surface area contributed by atoms with Crippen LogP contribution in [0.1, 0.15) is 20.3 Å².